The van der Waals surface area contributed by atoms with Gasteiger partial charge in [0.15, 0.2) is 16.7 Å². The molecule has 1 aliphatic heterocycles. The summed E-state index contributed by atoms with van der Waals surface area (Å²) in [6.45, 7) is 0.418. The van der Waals surface area contributed by atoms with Gasteiger partial charge in [-0.15, -0.1) is 0 Å². The summed E-state index contributed by atoms with van der Waals surface area (Å²) in [6, 6.07) is 15.2. The molecule has 0 bridgehead atoms. The first-order valence-corrected chi connectivity index (χ1v) is 12.2. The zero-order valence-corrected chi connectivity index (χ0v) is 20.2. The maximum atomic E-state index is 14.4. The smallest absolute Gasteiger partial charge is 0.173 e. The van der Waals surface area contributed by atoms with Gasteiger partial charge < -0.3 is 9.47 Å². The Kier molecular flexibility index (Phi) is 6.77. The molecule has 180 valence electrons. The third-order valence-electron chi connectivity index (χ3n) is 5.80. The van der Waals surface area contributed by atoms with Crippen LogP contribution in [0.3, 0.4) is 0 Å². The van der Waals surface area contributed by atoms with E-state index in [1.807, 2.05) is 4.57 Å². The maximum Gasteiger partial charge on any atom is 0.173 e. The van der Waals surface area contributed by atoms with Crippen molar-refractivity contribution >= 4 is 23.4 Å². The van der Waals surface area contributed by atoms with Crippen molar-refractivity contribution in [3.8, 4) is 11.4 Å². The Morgan fingerprint density at radius 2 is 1.89 bits per heavy atom. The molecule has 4 nitrogen and oxygen atoms in total. The molecule has 0 fully saturated rings. The highest BCUT2D eigenvalue weighted by molar-refractivity contribution is 7.98. The fourth-order valence-corrected chi connectivity index (χ4v) is 5.48. The van der Waals surface area contributed by atoms with Gasteiger partial charge >= 0.3 is 0 Å². The van der Waals surface area contributed by atoms with Crippen molar-refractivity contribution in [3.63, 3.8) is 0 Å². The number of hydrogen-bond donors (Lipinski definition) is 0. The van der Waals surface area contributed by atoms with Crippen LogP contribution >= 0.6 is 23.4 Å². The van der Waals surface area contributed by atoms with E-state index in [4.69, 9.17) is 26.1 Å². The summed E-state index contributed by atoms with van der Waals surface area (Å²) in [5, 5.41) is 0.923. The molecule has 4 aromatic rings. The molecule has 1 aromatic heterocycles. The van der Waals surface area contributed by atoms with E-state index in [-0.39, 0.29) is 17.3 Å². The lowest BCUT2D eigenvalue weighted by Gasteiger charge is -2.26. The molecule has 1 aliphatic rings. The van der Waals surface area contributed by atoms with Gasteiger partial charge in [0.2, 0.25) is 0 Å². The van der Waals surface area contributed by atoms with Crippen molar-refractivity contribution in [1.82, 2.24) is 9.55 Å². The van der Waals surface area contributed by atoms with Crippen molar-refractivity contribution in [1.29, 1.82) is 0 Å². The van der Waals surface area contributed by atoms with Crippen LogP contribution in [0.1, 0.15) is 28.6 Å². The zero-order chi connectivity index (χ0) is 24.5. The number of aromatic nitrogens is 2. The molecule has 0 aliphatic carbocycles. The third kappa shape index (κ3) is 4.66. The second-order valence-corrected chi connectivity index (χ2v) is 9.27. The summed E-state index contributed by atoms with van der Waals surface area (Å²) in [7, 11) is 1.40. The van der Waals surface area contributed by atoms with Crippen molar-refractivity contribution in [2.75, 3.05) is 13.7 Å². The highest BCUT2D eigenvalue weighted by Gasteiger charge is 2.31. The maximum absolute atomic E-state index is 14.4. The molecule has 0 radical (unpaired) electrons. The van der Waals surface area contributed by atoms with Gasteiger partial charge in [0, 0.05) is 28.4 Å². The highest BCUT2D eigenvalue weighted by atomic mass is 35.5. The summed E-state index contributed by atoms with van der Waals surface area (Å²) in [4.78, 5) is 4.84. The summed E-state index contributed by atoms with van der Waals surface area (Å²) < 4.78 is 55.4. The number of halogens is 4. The monoisotopic (exact) mass is 516 g/mol. The topological polar surface area (TPSA) is 36.3 Å². The summed E-state index contributed by atoms with van der Waals surface area (Å²) >= 11 is 7.55. The molecule has 35 heavy (non-hydrogen) atoms. The average Bonchev–Trinajstić information content (AvgIpc) is 3.23. The minimum atomic E-state index is -0.558. The first-order valence-electron chi connectivity index (χ1n) is 10.8. The van der Waals surface area contributed by atoms with Crippen molar-refractivity contribution in [3.05, 3.63) is 106 Å². The van der Waals surface area contributed by atoms with E-state index in [2.05, 4.69) is 0 Å². The summed E-state index contributed by atoms with van der Waals surface area (Å²) in [5.41, 5.74) is 3.30. The van der Waals surface area contributed by atoms with Crippen LogP contribution in [-0.4, -0.2) is 23.3 Å². The summed E-state index contributed by atoms with van der Waals surface area (Å²) in [5.74, 6) is -0.883. The molecular formula is C26H20ClF3N2O2S. The molecular weight excluding hydrogens is 497 g/mol. The molecule has 0 spiro atoms. The largest absolute Gasteiger partial charge is 0.494 e. The van der Waals surface area contributed by atoms with Crippen LogP contribution < -0.4 is 4.74 Å². The number of ether oxygens (including phenoxy) is 2. The molecule has 1 unspecified atom stereocenters. The second-order valence-electron chi connectivity index (χ2n) is 7.92. The molecule has 9 heteroatoms. The second kappa shape index (κ2) is 9.97. The fraction of sp³-hybridized carbons (Fsp3) is 0.192. The summed E-state index contributed by atoms with van der Waals surface area (Å²) in [6.07, 6.45) is 0.00373. The SMILES string of the molecule is COc1cc(C2OCCc3nc(SCc4c(F)cccc4Cl)n(-c4ccc(F)cc4)c32)ccc1F. The standard InChI is InChI=1S/C26H20ClF3N2O2S/c1-33-23-13-15(5-10-21(23)30)25-24-22(11-12-34-25)31-26(32(24)17-8-6-16(28)7-9-17)35-14-18-19(27)3-2-4-20(18)29/h2-10,13,25H,11-12,14H2,1H3. The molecule has 3 aromatic carbocycles. The predicted molar refractivity (Wildman–Crippen MR) is 129 cm³/mol. The Morgan fingerprint density at radius 3 is 2.63 bits per heavy atom. The first kappa shape index (κ1) is 23.8. The van der Waals surface area contributed by atoms with E-state index in [1.165, 1.54) is 43.1 Å². The number of hydrogen-bond acceptors (Lipinski definition) is 4. The normalized spacial score (nSPS) is 15.2. The lowest BCUT2D eigenvalue weighted by atomic mass is 10.0. The Hall–Kier alpha value is -2.94. The van der Waals surface area contributed by atoms with Gasteiger partial charge in [-0.1, -0.05) is 35.5 Å². The van der Waals surface area contributed by atoms with Gasteiger partial charge in [0.25, 0.3) is 0 Å². The van der Waals surface area contributed by atoms with Gasteiger partial charge in [-0.3, -0.25) is 4.57 Å². The van der Waals surface area contributed by atoms with Gasteiger partial charge in [0.1, 0.15) is 17.7 Å². The van der Waals surface area contributed by atoms with Crippen LogP contribution in [0.4, 0.5) is 13.2 Å². The third-order valence-corrected chi connectivity index (χ3v) is 7.12. The van der Waals surface area contributed by atoms with E-state index in [9.17, 15) is 13.2 Å². The van der Waals surface area contributed by atoms with Crippen molar-refractivity contribution < 1.29 is 22.6 Å². The predicted octanol–water partition coefficient (Wildman–Crippen LogP) is 6.91. The first-order chi connectivity index (χ1) is 17.0. The Morgan fingerprint density at radius 1 is 1.09 bits per heavy atom. The number of nitrogens with zero attached hydrogens (tertiary/aromatic N) is 2. The van der Waals surface area contributed by atoms with Crippen molar-refractivity contribution in [2.24, 2.45) is 0 Å². The van der Waals surface area contributed by atoms with Crippen LogP contribution in [0.5, 0.6) is 5.75 Å². The number of methoxy groups -OCH3 is 1. The molecule has 0 saturated heterocycles. The van der Waals surface area contributed by atoms with Gasteiger partial charge in [-0.05, 0) is 54.1 Å². The number of imidazole rings is 1. The van der Waals surface area contributed by atoms with Gasteiger partial charge in [-0.2, -0.15) is 0 Å². The number of fused-ring (bicyclic) bond motifs is 1. The number of benzene rings is 3. The average molecular weight is 517 g/mol. The lowest BCUT2D eigenvalue weighted by molar-refractivity contribution is 0.0646. The highest BCUT2D eigenvalue weighted by Crippen LogP contribution is 2.40. The van der Waals surface area contributed by atoms with Crippen LogP contribution in [0.15, 0.2) is 65.8 Å². The Labute approximate surface area is 209 Å². The molecule has 2 heterocycles. The van der Waals surface area contributed by atoms with Gasteiger partial charge in [0.05, 0.1) is 25.1 Å². The Bertz CT molecular complexity index is 1360. The number of thioether (sulfide) groups is 1. The van der Waals surface area contributed by atoms with E-state index < -0.39 is 17.7 Å². The van der Waals surface area contributed by atoms with Crippen LogP contribution in [-0.2, 0) is 16.9 Å². The molecule has 0 amide bonds. The van der Waals surface area contributed by atoms with Crippen LogP contribution in [0, 0.1) is 17.5 Å². The lowest BCUT2D eigenvalue weighted by Crippen LogP contribution is -2.20. The molecule has 1 atom stereocenters. The van der Waals surface area contributed by atoms with Crippen molar-refractivity contribution in [2.45, 2.75) is 23.4 Å². The molecule has 0 saturated carbocycles. The molecule has 5 rings (SSSR count). The minimum absolute atomic E-state index is 0.106. The van der Waals surface area contributed by atoms with Gasteiger partial charge in [-0.25, -0.2) is 18.2 Å². The van der Waals surface area contributed by atoms with Crippen LogP contribution in [0.25, 0.3) is 5.69 Å². The molecule has 0 N–H and O–H groups in total. The minimum Gasteiger partial charge on any atom is -0.494 e. The fourth-order valence-electron chi connectivity index (χ4n) is 4.10. The Balaban J connectivity index is 1.62. The van der Waals surface area contributed by atoms with E-state index in [1.54, 1.807) is 36.4 Å². The van der Waals surface area contributed by atoms with E-state index in [0.29, 0.717) is 40.0 Å². The zero-order valence-electron chi connectivity index (χ0n) is 18.6. The quantitative estimate of drug-likeness (QED) is 0.261. The van der Waals surface area contributed by atoms with E-state index >= 15 is 0 Å². The number of rotatable bonds is 6. The van der Waals surface area contributed by atoms with Crippen LogP contribution in [0.2, 0.25) is 5.02 Å². The van der Waals surface area contributed by atoms with E-state index in [0.717, 1.165) is 11.4 Å².